The van der Waals surface area contributed by atoms with Gasteiger partial charge in [0.15, 0.2) is 0 Å². The smallest absolute Gasteiger partial charge is 0.264 e. The standard InChI is InChI=1S/C33H28ClN3O4S/c1-24-11-16-29(34)20-32(24)37(42(39,40)31-9-3-2-4-10-31)22-33(38)36-35-21-25-13-17-30(18-14-25)41-23-26-12-15-27-7-5-6-8-28(27)19-26/h2-21H,22-23H2,1H3,(H,36,38)/b35-21-. The van der Waals surface area contributed by atoms with Crippen LogP contribution in [0.3, 0.4) is 0 Å². The molecule has 0 atom stereocenters. The Labute approximate surface area is 250 Å². The number of rotatable bonds is 10. The van der Waals surface area contributed by atoms with Crippen molar-refractivity contribution in [3.05, 3.63) is 137 Å². The lowest BCUT2D eigenvalue weighted by Gasteiger charge is -2.25. The van der Waals surface area contributed by atoms with Crippen LogP contribution in [-0.2, 0) is 21.4 Å². The number of hydrogen-bond acceptors (Lipinski definition) is 5. The lowest BCUT2D eigenvalue weighted by Crippen LogP contribution is -2.40. The van der Waals surface area contributed by atoms with Crippen LogP contribution in [0.4, 0.5) is 5.69 Å². The van der Waals surface area contributed by atoms with Gasteiger partial charge in [0, 0.05) is 5.02 Å². The van der Waals surface area contributed by atoms with Crippen molar-refractivity contribution >= 4 is 50.2 Å². The third kappa shape index (κ3) is 6.97. The second-order valence-electron chi connectivity index (χ2n) is 9.59. The van der Waals surface area contributed by atoms with Gasteiger partial charge in [-0.25, -0.2) is 13.8 Å². The number of amides is 1. The van der Waals surface area contributed by atoms with Gasteiger partial charge in [0.05, 0.1) is 16.8 Å². The molecule has 5 aromatic rings. The Morgan fingerprint density at radius 3 is 2.36 bits per heavy atom. The molecule has 0 aromatic heterocycles. The number of carbonyl (C=O) groups excluding carboxylic acids is 1. The summed E-state index contributed by atoms with van der Waals surface area (Å²) in [5.41, 5.74) is 5.18. The number of nitrogens with zero attached hydrogens (tertiary/aromatic N) is 2. The van der Waals surface area contributed by atoms with Crippen LogP contribution in [0.25, 0.3) is 10.8 Å². The predicted octanol–water partition coefficient (Wildman–Crippen LogP) is 6.73. The maximum absolute atomic E-state index is 13.5. The number of ether oxygens (including phenoxy) is 1. The second-order valence-corrected chi connectivity index (χ2v) is 11.9. The van der Waals surface area contributed by atoms with E-state index in [1.807, 2.05) is 42.5 Å². The zero-order valence-electron chi connectivity index (χ0n) is 22.8. The first-order chi connectivity index (χ1) is 20.3. The molecular weight excluding hydrogens is 570 g/mol. The van der Waals surface area contributed by atoms with Crippen molar-refractivity contribution in [2.45, 2.75) is 18.4 Å². The van der Waals surface area contributed by atoms with Crippen LogP contribution in [0.1, 0.15) is 16.7 Å². The van der Waals surface area contributed by atoms with E-state index >= 15 is 0 Å². The molecule has 0 saturated heterocycles. The number of carbonyl (C=O) groups is 1. The van der Waals surface area contributed by atoms with Gasteiger partial charge in [-0.05, 0) is 89.0 Å². The molecule has 5 rings (SSSR count). The molecule has 0 aliphatic heterocycles. The molecule has 7 nitrogen and oxygen atoms in total. The normalized spacial score (nSPS) is 11.5. The number of hydrazone groups is 1. The van der Waals surface area contributed by atoms with Gasteiger partial charge < -0.3 is 4.74 Å². The van der Waals surface area contributed by atoms with Crippen molar-refractivity contribution in [2.75, 3.05) is 10.8 Å². The predicted molar refractivity (Wildman–Crippen MR) is 168 cm³/mol. The Bertz CT molecular complexity index is 1840. The third-order valence-electron chi connectivity index (χ3n) is 6.56. The summed E-state index contributed by atoms with van der Waals surface area (Å²) in [4.78, 5) is 12.9. The number of benzene rings is 5. The fourth-order valence-electron chi connectivity index (χ4n) is 4.36. The van der Waals surface area contributed by atoms with Gasteiger partial charge >= 0.3 is 0 Å². The van der Waals surface area contributed by atoms with Crippen LogP contribution in [0.5, 0.6) is 5.75 Å². The number of anilines is 1. The van der Waals surface area contributed by atoms with Gasteiger partial charge in [-0.15, -0.1) is 0 Å². The maximum atomic E-state index is 13.5. The summed E-state index contributed by atoms with van der Waals surface area (Å²) in [5.74, 6) is 0.0865. The molecule has 0 spiro atoms. The molecule has 0 aliphatic rings. The molecule has 9 heteroatoms. The van der Waals surface area contributed by atoms with Gasteiger partial charge in [-0.3, -0.25) is 9.10 Å². The highest BCUT2D eigenvalue weighted by Gasteiger charge is 2.28. The molecule has 0 radical (unpaired) electrons. The molecule has 0 bridgehead atoms. The van der Waals surface area contributed by atoms with Gasteiger partial charge in [0.25, 0.3) is 15.9 Å². The van der Waals surface area contributed by atoms with Crippen molar-refractivity contribution < 1.29 is 17.9 Å². The average Bonchev–Trinajstić information content (AvgIpc) is 3.01. The largest absolute Gasteiger partial charge is 0.489 e. The van der Waals surface area contributed by atoms with Crippen LogP contribution in [0.2, 0.25) is 5.02 Å². The van der Waals surface area contributed by atoms with Crippen molar-refractivity contribution in [1.82, 2.24) is 5.43 Å². The summed E-state index contributed by atoms with van der Waals surface area (Å²) in [6.45, 7) is 1.70. The summed E-state index contributed by atoms with van der Waals surface area (Å²) < 4.78 is 34.0. The van der Waals surface area contributed by atoms with Crippen LogP contribution in [-0.4, -0.2) is 27.1 Å². The Morgan fingerprint density at radius 1 is 0.881 bits per heavy atom. The summed E-state index contributed by atoms with van der Waals surface area (Å²) in [5, 5.41) is 6.72. The minimum absolute atomic E-state index is 0.0589. The zero-order valence-corrected chi connectivity index (χ0v) is 24.3. The summed E-state index contributed by atoms with van der Waals surface area (Å²) in [6, 6.07) is 34.5. The molecule has 42 heavy (non-hydrogen) atoms. The molecule has 1 amide bonds. The van der Waals surface area contributed by atoms with Crippen molar-refractivity contribution in [3.63, 3.8) is 0 Å². The Hall–Kier alpha value is -4.66. The van der Waals surface area contributed by atoms with Gasteiger partial charge in [0.2, 0.25) is 0 Å². The van der Waals surface area contributed by atoms with E-state index in [1.54, 1.807) is 37.3 Å². The van der Waals surface area contributed by atoms with Crippen LogP contribution < -0.4 is 14.5 Å². The van der Waals surface area contributed by atoms with E-state index in [2.05, 4.69) is 34.8 Å². The van der Waals surface area contributed by atoms with E-state index in [9.17, 15) is 13.2 Å². The van der Waals surface area contributed by atoms with E-state index in [1.165, 1.54) is 29.8 Å². The summed E-state index contributed by atoms with van der Waals surface area (Å²) >= 11 is 6.17. The number of nitrogens with one attached hydrogen (secondary N) is 1. The van der Waals surface area contributed by atoms with E-state index in [0.29, 0.717) is 28.6 Å². The number of fused-ring (bicyclic) bond motifs is 1. The average molecular weight is 598 g/mol. The number of aryl methyl sites for hydroxylation is 1. The lowest BCUT2D eigenvalue weighted by molar-refractivity contribution is -0.119. The SMILES string of the molecule is Cc1ccc(Cl)cc1N(CC(=O)N/N=C\c1ccc(OCc2ccc3ccccc3c2)cc1)S(=O)(=O)c1ccccc1. The molecule has 0 saturated carbocycles. The fraction of sp³-hybridized carbons (Fsp3) is 0.0909. The second kappa shape index (κ2) is 12.9. The quantitative estimate of drug-likeness (QED) is 0.143. The molecule has 0 heterocycles. The molecule has 0 aliphatic carbocycles. The minimum Gasteiger partial charge on any atom is -0.489 e. The summed E-state index contributed by atoms with van der Waals surface area (Å²) in [7, 11) is -4.06. The topological polar surface area (TPSA) is 88.1 Å². The van der Waals surface area contributed by atoms with E-state index in [0.717, 1.165) is 20.8 Å². The van der Waals surface area contributed by atoms with E-state index in [-0.39, 0.29) is 4.90 Å². The van der Waals surface area contributed by atoms with Crippen molar-refractivity contribution in [1.29, 1.82) is 0 Å². The molecule has 0 fully saturated rings. The van der Waals surface area contributed by atoms with E-state index < -0.39 is 22.5 Å². The fourth-order valence-corrected chi connectivity index (χ4v) is 6.03. The van der Waals surface area contributed by atoms with Crippen molar-refractivity contribution in [3.8, 4) is 5.75 Å². The van der Waals surface area contributed by atoms with Crippen LogP contribution >= 0.6 is 11.6 Å². The highest BCUT2D eigenvalue weighted by Crippen LogP contribution is 2.29. The van der Waals surface area contributed by atoms with Crippen LogP contribution in [0.15, 0.2) is 125 Å². The van der Waals surface area contributed by atoms with Gasteiger partial charge in [-0.2, -0.15) is 5.10 Å². The minimum atomic E-state index is -4.06. The van der Waals surface area contributed by atoms with Gasteiger partial charge in [-0.1, -0.05) is 72.3 Å². The highest BCUT2D eigenvalue weighted by atomic mass is 35.5. The first-order valence-corrected chi connectivity index (χ1v) is 15.0. The lowest BCUT2D eigenvalue weighted by atomic mass is 10.1. The number of hydrogen-bond donors (Lipinski definition) is 1. The Kier molecular flexibility index (Phi) is 8.85. The van der Waals surface area contributed by atoms with E-state index in [4.69, 9.17) is 16.3 Å². The molecule has 212 valence electrons. The Morgan fingerprint density at radius 2 is 1.60 bits per heavy atom. The molecular formula is C33H28ClN3O4S. The zero-order chi connectivity index (χ0) is 29.5. The number of halogens is 1. The monoisotopic (exact) mass is 597 g/mol. The third-order valence-corrected chi connectivity index (χ3v) is 8.57. The highest BCUT2D eigenvalue weighted by molar-refractivity contribution is 7.92. The van der Waals surface area contributed by atoms with Crippen molar-refractivity contribution in [2.24, 2.45) is 5.10 Å². The Balaban J connectivity index is 1.22. The van der Waals surface area contributed by atoms with Crippen LogP contribution in [0, 0.1) is 6.92 Å². The maximum Gasteiger partial charge on any atom is 0.264 e. The molecule has 0 unspecified atom stereocenters. The first-order valence-electron chi connectivity index (χ1n) is 13.2. The first kappa shape index (κ1) is 28.9. The van der Waals surface area contributed by atoms with Gasteiger partial charge in [0.1, 0.15) is 18.9 Å². The number of sulfonamides is 1. The molecule has 1 N–H and O–H groups in total. The summed E-state index contributed by atoms with van der Waals surface area (Å²) in [6.07, 6.45) is 1.48. The molecule has 5 aromatic carbocycles.